The zero-order valence-electron chi connectivity index (χ0n) is 11.4. The Morgan fingerprint density at radius 2 is 1.81 bits per heavy atom. The molecule has 0 unspecified atom stereocenters. The van der Waals surface area contributed by atoms with Crippen LogP contribution in [0.5, 0.6) is 0 Å². The van der Waals surface area contributed by atoms with Crippen LogP contribution in [0.15, 0.2) is 48.5 Å². The van der Waals surface area contributed by atoms with Gasteiger partial charge in [-0.25, -0.2) is 0 Å². The zero-order chi connectivity index (χ0) is 14.9. The Hall–Kier alpha value is -1.51. The maximum atomic E-state index is 12.2. The van der Waals surface area contributed by atoms with Gasteiger partial charge in [0.15, 0.2) is 0 Å². The minimum Gasteiger partial charge on any atom is -0.351 e. The quantitative estimate of drug-likeness (QED) is 0.886. The fourth-order valence-electron chi connectivity index (χ4n) is 2.53. The lowest BCUT2D eigenvalue weighted by Gasteiger charge is -2.17. The third-order valence-electron chi connectivity index (χ3n) is 4.00. The topological polar surface area (TPSA) is 29.1 Å². The van der Waals surface area contributed by atoms with Gasteiger partial charge in [0.05, 0.1) is 10.6 Å². The maximum Gasteiger partial charge on any atom is 0.252 e. The minimum absolute atomic E-state index is 0.0931. The summed E-state index contributed by atoms with van der Waals surface area (Å²) in [6, 6.07) is 15.2. The molecular weight excluding hydrogens is 305 g/mol. The second-order valence-corrected chi connectivity index (χ2v) is 6.30. The van der Waals surface area contributed by atoms with Crippen molar-refractivity contribution in [2.24, 2.45) is 0 Å². The van der Waals surface area contributed by atoms with Crippen molar-refractivity contribution in [2.45, 2.75) is 18.3 Å². The Labute approximate surface area is 134 Å². The first-order valence-corrected chi connectivity index (χ1v) is 7.65. The third kappa shape index (κ3) is 3.07. The highest BCUT2D eigenvalue weighted by atomic mass is 35.5. The van der Waals surface area contributed by atoms with Crippen molar-refractivity contribution in [1.29, 1.82) is 0 Å². The van der Waals surface area contributed by atoms with Crippen LogP contribution in [-0.4, -0.2) is 12.5 Å². The van der Waals surface area contributed by atoms with Gasteiger partial charge in [0.2, 0.25) is 0 Å². The average molecular weight is 320 g/mol. The van der Waals surface area contributed by atoms with Crippen LogP contribution in [0.4, 0.5) is 0 Å². The monoisotopic (exact) mass is 319 g/mol. The standard InChI is InChI=1S/C17H15Cl2NO/c18-13-6-7-14(15(19)10-13)16(21)20-11-17(8-9-17)12-4-2-1-3-5-12/h1-7,10H,8-9,11H2,(H,20,21). The van der Waals surface area contributed by atoms with Crippen LogP contribution >= 0.6 is 23.2 Å². The van der Waals surface area contributed by atoms with Crippen LogP contribution in [0.25, 0.3) is 0 Å². The largest absolute Gasteiger partial charge is 0.351 e. The van der Waals surface area contributed by atoms with Crippen molar-refractivity contribution >= 4 is 29.1 Å². The lowest BCUT2D eigenvalue weighted by atomic mass is 9.96. The molecule has 0 aliphatic heterocycles. The molecule has 1 amide bonds. The van der Waals surface area contributed by atoms with Crippen molar-refractivity contribution in [3.63, 3.8) is 0 Å². The molecule has 0 saturated heterocycles. The molecule has 21 heavy (non-hydrogen) atoms. The summed E-state index contributed by atoms with van der Waals surface area (Å²) >= 11 is 11.9. The van der Waals surface area contributed by atoms with E-state index in [-0.39, 0.29) is 11.3 Å². The van der Waals surface area contributed by atoms with Crippen LogP contribution in [-0.2, 0) is 5.41 Å². The summed E-state index contributed by atoms with van der Waals surface area (Å²) in [7, 11) is 0. The van der Waals surface area contributed by atoms with E-state index in [1.54, 1.807) is 18.2 Å². The predicted molar refractivity (Wildman–Crippen MR) is 86.1 cm³/mol. The van der Waals surface area contributed by atoms with E-state index in [9.17, 15) is 4.79 Å². The highest BCUT2D eigenvalue weighted by Crippen LogP contribution is 2.47. The number of carbonyl (C=O) groups excluding carboxylic acids is 1. The lowest BCUT2D eigenvalue weighted by Crippen LogP contribution is -2.32. The number of halogens is 2. The molecule has 1 aliphatic carbocycles. The van der Waals surface area contributed by atoms with Gasteiger partial charge in [-0.3, -0.25) is 4.79 Å². The first-order chi connectivity index (χ1) is 10.1. The van der Waals surface area contributed by atoms with Crippen LogP contribution in [0.2, 0.25) is 10.0 Å². The van der Waals surface area contributed by atoms with Gasteiger partial charge < -0.3 is 5.32 Å². The average Bonchev–Trinajstić information content (AvgIpc) is 3.27. The van der Waals surface area contributed by atoms with Gasteiger partial charge in [-0.15, -0.1) is 0 Å². The highest BCUT2D eigenvalue weighted by molar-refractivity contribution is 6.36. The molecule has 3 rings (SSSR count). The van der Waals surface area contributed by atoms with E-state index >= 15 is 0 Å². The summed E-state index contributed by atoms with van der Waals surface area (Å²) in [5.41, 5.74) is 1.84. The summed E-state index contributed by atoms with van der Waals surface area (Å²) in [6.45, 7) is 0.634. The molecule has 0 aromatic heterocycles. The number of nitrogens with one attached hydrogen (secondary N) is 1. The lowest BCUT2D eigenvalue weighted by molar-refractivity contribution is 0.0950. The fraction of sp³-hybridized carbons (Fsp3) is 0.235. The van der Waals surface area contributed by atoms with Crippen molar-refractivity contribution < 1.29 is 4.79 Å². The van der Waals surface area contributed by atoms with Gasteiger partial charge in [-0.05, 0) is 36.6 Å². The molecule has 0 atom stereocenters. The molecule has 2 aromatic carbocycles. The minimum atomic E-state index is -0.154. The molecular formula is C17H15Cl2NO. The summed E-state index contributed by atoms with van der Waals surface area (Å²) < 4.78 is 0. The Morgan fingerprint density at radius 3 is 2.43 bits per heavy atom. The van der Waals surface area contributed by atoms with E-state index in [0.29, 0.717) is 22.2 Å². The molecule has 0 spiro atoms. The number of carbonyl (C=O) groups is 1. The van der Waals surface area contributed by atoms with Crippen LogP contribution in [0.3, 0.4) is 0 Å². The van der Waals surface area contributed by atoms with Gasteiger partial charge in [-0.1, -0.05) is 53.5 Å². The summed E-state index contributed by atoms with van der Waals surface area (Å²) in [6.07, 6.45) is 2.21. The number of benzene rings is 2. The SMILES string of the molecule is O=C(NCC1(c2ccccc2)CC1)c1ccc(Cl)cc1Cl. The highest BCUT2D eigenvalue weighted by Gasteiger charge is 2.44. The number of amides is 1. The van der Waals surface area contributed by atoms with E-state index in [2.05, 4.69) is 17.4 Å². The molecule has 2 aromatic rings. The van der Waals surface area contributed by atoms with Gasteiger partial charge in [0.25, 0.3) is 5.91 Å². The van der Waals surface area contributed by atoms with E-state index in [4.69, 9.17) is 23.2 Å². The number of rotatable bonds is 4. The van der Waals surface area contributed by atoms with Crippen LogP contribution in [0.1, 0.15) is 28.8 Å². The Kier molecular flexibility index (Phi) is 3.92. The molecule has 4 heteroatoms. The van der Waals surface area contributed by atoms with Crippen molar-refractivity contribution in [3.8, 4) is 0 Å². The summed E-state index contributed by atoms with van der Waals surface area (Å²) in [4.78, 5) is 12.2. The third-order valence-corrected chi connectivity index (χ3v) is 4.55. The summed E-state index contributed by atoms with van der Waals surface area (Å²) in [5, 5.41) is 3.90. The molecule has 1 aliphatic rings. The molecule has 1 N–H and O–H groups in total. The Morgan fingerprint density at radius 1 is 1.10 bits per heavy atom. The predicted octanol–water partition coefficient (Wildman–Crippen LogP) is 4.46. The van der Waals surface area contributed by atoms with Crippen molar-refractivity contribution in [2.75, 3.05) is 6.54 Å². The second-order valence-electron chi connectivity index (χ2n) is 5.45. The molecule has 0 radical (unpaired) electrons. The van der Waals surface area contributed by atoms with E-state index in [1.807, 2.05) is 18.2 Å². The summed E-state index contributed by atoms with van der Waals surface area (Å²) in [5.74, 6) is -0.154. The zero-order valence-corrected chi connectivity index (χ0v) is 12.9. The van der Waals surface area contributed by atoms with Crippen molar-refractivity contribution in [3.05, 3.63) is 69.7 Å². The Bertz CT molecular complexity index is 666. The molecule has 0 bridgehead atoms. The first kappa shape index (κ1) is 14.4. The van der Waals surface area contributed by atoms with Gasteiger partial charge >= 0.3 is 0 Å². The molecule has 1 fully saturated rings. The van der Waals surface area contributed by atoms with E-state index in [0.717, 1.165) is 12.8 Å². The van der Waals surface area contributed by atoms with E-state index < -0.39 is 0 Å². The van der Waals surface area contributed by atoms with Gasteiger partial charge in [0, 0.05) is 17.0 Å². The Balaban J connectivity index is 1.69. The smallest absolute Gasteiger partial charge is 0.252 e. The normalized spacial score (nSPS) is 15.5. The van der Waals surface area contributed by atoms with Gasteiger partial charge in [0.1, 0.15) is 0 Å². The van der Waals surface area contributed by atoms with Crippen molar-refractivity contribution in [1.82, 2.24) is 5.32 Å². The van der Waals surface area contributed by atoms with Crippen LogP contribution in [0, 0.1) is 0 Å². The molecule has 108 valence electrons. The first-order valence-electron chi connectivity index (χ1n) is 6.90. The van der Waals surface area contributed by atoms with E-state index in [1.165, 1.54) is 5.56 Å². The molecule has 2 nitrogen and oxygen atoms in total. The molecule has 0 heterocycles. The van der Waals surface area contributed by atoms with Crippen LogP contribution < -0.4 is 5.32 Å². The number of hydrogen-bond acceptors (Lipinski definition) is 1. The maximum absolute atomic E-state index is 12.2. The number of hydrogen-bond donors (Lipinski definition) is 1. The second kappa shape index (κ2) is 5.70. The van der Waals surface area contributed by atoms with Gasteiger partial charge in [-0.2, -0.15) is 0 Å². The fourth-order valence-corrected chi connectivity index (χ4v) is 3.02. The molecule has 1 saturated carbocycles.